The van der Waals surface area contributed by atoms with Gasteiger partial charge in [-0.1, -0.05) is 62.4 Å². The molecular weight excluding hydrogens is 614 g/mol. The molecule has 3 aliphatic heterocycles. The minimum absolute atomic E-state index is 0.0992. The summed E-state index contributed by atoms with van der Waals surface area (Å²) in [5.74, 6) is -1.73. The van der Waals surface area contributed by atoms with Crippen molar-refractivity contribution in [2.75, 3.05) is 19.7 Å². The number of rotatable bonds is 8. The first-order chi connectivity index (χ1) is 22.3. The summed E-state index contributed by atoms with van der Waals surface area (Å²) in [6.07, 6.45) is -3.41. The van der Waals surface area contributed by atoms with Crippen LogP contribution >= 0.6 is 0 Å². The summed E-state index contributed by atoms with van der Waals surface area (Å²) >= 11 is 0. The first kappa shape index (κ1) is 32.6. The molecule has 3 aliphatic rings. The predicted octanol–water partition coefficient (Wildman–Crippen LogP) is 5.73. The van der Waals surface area contributed by atoms with Crippen LogP contribution in [0.25, 0.3) is 0 Å². The number of fused-ring (bicyclic) bond motifs is 1. The maximum atomic E-state index is 14.3. The van der Waals surface area contributed by atoms with Crippen molar-refractivity contribution in [1.29, 1.82) is 0 Å². The van der Waals surface area contributed by atoms with E-state index >= 15 is 0 Å². The Balaban J connectivity index is 1.28. The Bertz CT molecular complexity index is 1680. The lowest BCUT2D eigenvalue weighted by Gasteiger charge is -2.43. The van der Waals surface area contributed by atoms with Gasteiger partial charge in [-0.3, -0.25) is 14.5 Å². The molecule has 2 amide bonds. The van der Waals surface area contributed by atoms with Gasteiger partial charge in [0.2, 0.25) is 0 Å². The Morgan fingerprint density at radius 3 is 2.49 bits per heavy atom. The molecule has 3 atom stereocenters. The highest BCUT2D eigenvalue weighted by Crippen LogP contribution is 2.43. The maximum Gasteiger partial charge on any atom is 0.417 e. The van der Waals surface area contributed by atoms with Crippen LogP contribution in [0.3, 0.4) is 0 Å². The quantitative estimate of drug-likeness (QED) is 0.304. The van der Waals surface area contributed by atoms with E-state index in [0.717, 1.165) is 11.6 Å². The standard InChI is InChI=1S/C35H37F4N5O3/c1-22(2)14-15-34(25-9-11-27(36)12-10-25)31(46)44(32(40)41-34)19-23-8-13-29(35(37,38)39)28(18-23)30(45)43-17-16-33(24-6-4-3-5-7-24)26(20-43)21-47-42-33/h3-13,18,22,26,42H,14-17,19-21H2,1-2H3,(H2,40,41)/t26-,33+,34?/m0/s1. The summed E-state index contributed by atoms with van der Waals surface area (Å²) in [4.78, 5) is 40.8. The fourth-order valence-electron chi connectivity index (χ4n) is 6.96. The number of nitrogens with zero attached hydrogens (tertiary/aromatic N) is 3. The second-order valence-corrected chi connectivity index (χ2v) is 13.0. The number of likely N-dealkylation sites (tertiary alicyclic amines) is 1. The van der Waals surface area contributed by atoms with Crippen molar-refractivity contribution >= 4 is 17.8 Å². The van der Waals surface area contributed by atoms with E-state index in [1.165, 1.54) is 46.2 Å². The molecule has 0 spiro atoms. The third-order valence-electron chi connectivity index (χ3n) is 9.58. The molecule has 0 aliphatic carbocycles. The van der Waals surface area contributed by atoms with Gasteiger partial charge < -0.3 is 15.5 Å². The van der Waals surface area contributed by atoms with Crippen LogP contribution in [0.2, 0.25) is 0 Å². The molecule has 0 bridgehead atoms. The number of hydroxylamine groups is 1. The first-order valence-corrected chi connectivity index (χ1v) is 15.7. The number of aliphatic imine (C=N–C) groups is 1. The molecule has 0 radical (unpaired) electrons. The van der Waals surface area contributed by atoms with Crippen LogP contribution in [-0.4, -0.2) is 47.3 Å². The molecule has 3 heterocycles. The van der Waals surface area contributed by atoms with Crippen molar-refractivity contribution in [2.24, 2.45) is 22.6 Å². The first-order valence-electron chi connectivity index (χ1n) is 15.7. The van der Waals surface area contributed by atoms with Gasteiger partial charge in [-0.25, -0.2) is 9.38 Å². The summed E-state index contributed by atoms with van der Waals surface area (Å²) < 4.78 is 56.6. The number of nitrogens with one attached hydrogen (secondary N) is 1. The highest BCUT2D eigenvalue weighted by Gasteiger charge is 2.51. The van der Waals surface area contributed by atoms with Crippen LogP contribution in [0.1, 0.15) is 65.7 Å². The van der Waals surface area contributed by atoms with Crippen LogP contribution < -0.4 is 11.2 Å². The summed E-state index contributed by atoms with van der Waals surface area (Å²) in [5, 5.41) is 0. The molecule has 6 rings (SSSR count). The van der Waals surface area contributed by atoms with E-state index < -0.39 is 46.0 Å². The second kappa shape index (κ2) is 12.4. The summed E-state index contributed by atoms with van der Waals surface area (Å²) in [5.41, 5.74) is 7.66. The molecule has 3 N–H and O–H groups in total. The minimum atomic E-state index is -4.79. The van der Waals surface area contributed by atoms with E-state index in [2.05, 4.69) is 10.5 Å². The van der Waals surface area contributed by atoms with Gasteiger partial charge in [0.1, 0.15) is 5.82 Å². The van der Waals surface area contributed by atoms with Gasteiger partial charge in [-0.05, 0) is 66.1 Å². The van der Waals surface area contributed by atoms with E-state index in [1.54, 1.807) is 0 Å². The lowest BCUT2D eigenvalue weighted by molar-refractivity contribution is -0.138. The monoisotopic (exact) mass is 651 g/mol. The van der Waals surface area contributed by atoms with E-state index in [1.807, 2.05) is 44.2 Å². The molecule has 1 unspecified atom stereocenters. The van der Waals surface area contributed by atoms with Gasteiger partial charge in [-0.15, -0.1) is 0 Å². The molecule has 248 valence electrons. The zero-order valence-corrected chi connectivity index (χ0v) is 26.2. The fourth-order valence-corrected chi connectivity index (χ4v) is 6.96. The van der Waals surface area contributed by atoms with Crippen LogP contribution in [-0.2, 0) is 33.4 Å². The van der Waals surface area contributed by atoms with E-state index in [0.29, 0.717) is 31.4 Å². The van der Waals surface area contributed by atoms with Crippen LogP contribution in [0, 0.1) is 17.7 Å². The molecule has 2 saturated heterocycles. The van der Waals surface area contributed by atoms with E-state index in [4.69, 9.17) is 10.6 Å². The van der Waals surface area contributed by atoms with Gasteiger partial charge >= 0.3 is 6.18 Å². The predicted molar refractivity (Wildman–Crippen MR) is 167 cm³/mol. The molecule has 2 fully saturated rings. The van der Waals surface area contributed by atoms with Crippen molar-refractivity contribution < 1.29 is 32.0 Å². The topological polar surface area (TPSA) is 100 Å². The van der Waals surface area contributed by atoms with E-state index in [-0.39, 0.29) is 43.0 Å². The highest BCUT2D eigenvalue weighted by atomic mass is 19.4. The average molecular weight is 652 g/mol. The van der Waals surface area contributed by atoms with Crippen molar-refractivity contribution in [3.05, 3.63) is 106 Å². The third kappa shape index (κ3) is 6.00. The number of benzene rings is 3. The van der Waals surface area contributed by atoms with Crippen LogP contribution in [0.4, 0.5) is 17.6 Å². The summed E-state index contributed by atoms with van der Waals surface area (Å²) in [6.45, 7) is 4.51. The van der Waals surface area contributed by atoms with Crippen molar-refractivity contribution in [1.82, 2.24) is 15.3 Å². The Morgan fingerprint density at radius 2 is 1.81 bits per heavy atom. The summed E-state index contributed by atoms with van der Waals surface area (Å²) in [6, 6.07) is 18.5. The number of carbonyl (C=O) groups is 2. The van der Waals surface area contributed by atoms with Gasteiger partial charge in [0.25, 0.3) is 11.8 Å². The van der Waals surface area contributed by atoms with Crippen LogP contribution in [0.15, 0.2) is 77.8 Å². The fraction of sp³-hybridized carbons (Fsp3) is 0.400. The molecule has 3 aromatic rings. The third-order valence-corrected chi connectivity index (χ3v) is 9.58. The molecule has 47 heavy (non-hydrogen) atoms. The van der Waals surface area contributed by atoms with Gasteiger partial charge in [-0.2, -0.15) is 18.7 Å². The highest BCUT2D eigenvalue weighted by molar-refractivity contribution is 6.07. The Hall–Kier alpha value is -4.29. The Kier molecular flexibility index (Phi) is 8.60. The number of nitrogens with two attached hydrogens (primary N) is 1. The average Bonchev–Trinajstić information content (AvgIpc) is 3.59. The molecule has 3 aromatic carbocycles. The van der Waals surface area contributed by atoms with Gasteiger partial charge in [0.15, 0.2) is 11.5 Å². The smallest absolute Gasteiger partial charge is 0.369 e. The molecule has 0 saturated carbocycles. The minimum Gasteiger partial charge on any atom is -0.369 e. The summed E-state index contributed by atoms with van der Waals surface area (Å²) in [7, 11) is 0. The number of hydrogen-bond donors (Lipinski definition) is 2. The second-order valence-electron chi connectivity index (χ2n) is 13.0. The Labute approximate surface area is 270 Å². The molecule has 8 nitrogen and oxygen atoms in total. The van der Waals surface area contributed by atoms with Gasteiger partial charge in [0, 0.05) is 19.0 Å². The maximum absolute atomic E-state index is 14.3. The lowest BCUT2D eigenvalue weighted by Crippen LogP contribution is -2.54. The SMILES string of the molecule is CC(C)CCC1(c2ccc(F)cc2)N=C(N)N(Cc2ccc(C(F)(F)F)c(C(=O)N3CC[C@]4(c5ccccc5)NOC[C@@H]4C3)c2)C1=O. The number of carbonyl (C=O) groups excluding carboxylic acids is 2. The zero-order valence-electron chi connectivity index (χ0n) is 26.2. The van der Waals surface area contributed by atoms with Crippen molar-refractivity contribution in [3.63, 3.8) is 0 Å². The van der Waals surface area contributed by atoms with Crippen molar-refractivity contribution in [2.45, 2.75) is 56.9 Å². The number of halogens is 4. The number of guanidine groups is 1. The largest absolute Gasteiger partial charge is 0.417 e. The lowest BCUT2D eigenvalue weighted by atomic mass is 9.74. The van der Waals surface area contributed by atoms with Crippen LogP contribution in [0.5, 0.6) is 0 Å². The molecular formula is C35H37F4N5O3. The molecule has 0 aromatic heterocycles. The number of piperidine rings is 1. The van der Waals surface area contributed by atoms with Gasteiger partial charge in [0.05, 0.1) is 29.8 Å². The zero-order chi connectivity index (χ0) is 33.6. The number of alkyl halides is 3. The number of hydrogen-bond acceptors (Lipinski definition) is 6. The number of amides is 2. The van der Waals surface area contributed by atoms with E-state index in [9.17, 15) is 27.2 Å². The normalized spacial score (nSPS) is 24.5. The van der Waals surface area contributed by atoms with Crippen molar-refractivity contribution in [3.8, 4) is 0 Å². The Morgan fingerprint density at radius 1 is 1.09 bits per heavy atom. The molecule has 12 heteroatoms.